The SMILES string of the molecule is O=C(O)c1c(Cl)ccc(Cl)c1-c1c2cc(I)c(=O)c(I)c-2oc2c(I)c(O)c(I)cc12. The number of carboxylic acids is 1. The molecule has 1 aliphatic carbocycles. The number of hydrogen-bond donors (Lipinski definition) is 2. The molecule has 1 heterocycles. The molecular formula is C20H6Cl2I4O5. The lowest BCUT2D eigenvalue weighted by Gasteiger charge is -2.20. The van der Waals surface area contributed by atoms with Gasteiger partial charge in [0, 0.05) is 27.1 Å². The predicted octanol–water partition coefficient (Wildman–Crippen LogP) is 7.69. The van der Waals surface area contributed by atoms with E-state index in [9.17, 15) is 19.8 Å². The molecule has 0 spiro atoms. The number of hydrogen-bond acceptors (Lipinski definition) is 4. The maximum atomic E-state index is 12.6. The van der Waals surface area contributed by atoms with Crippen LogP contribution in [-0.4, -0.2) is 16.2 Å². The average Bonchev–Trinajstić information content (AvgIpc) is 2.71. The van der Waals surface area contributed by atoms with E-state index in [4.69, 9.17) is 27.6 Å². The van der Waals surface area contributed by atoms with Gasteiger partial charge in [-0.1, -0.05) is 23.2 Å². The molecule has 158 valence electrons. The Labute approximate surface area is 239 Å². The molecule has 0 saturated carbocycles. The smallest absolute Gasteiger partial charge is 0.337 e. The minimum absolute atomic E-state index is 0.0289. The molecule has 5 nitrogen and oxygen atoms in total. The zero-order valence-electron chi connectivity index (χ0n) is 14.7. The van der Waals surface area contributed by atoms with Gasteiger partial charge in [-0.05, 0) is 115 Å². The third-order valence-corrected chi connectivity index (χ3v) is 8.82. The summed E-state index contributed by atoms with van der Waals surface area (Å²) in [6, 6.07) is 6.30. The van der Waals surface area contributed by atoms with Crippen molar-refractivity contribution in [2.24, 2.45) is 0 Å². The summed E-state index contributed by atoms with van der Waals surface area (Å²) in [4.78, 5) is 24.8. The van der Waals surface area contributed by atoms with Crippen LogP contribution in [-0.2, 0) is 0 Å². The summed E-state index contributed by atoms with van der Waals surface area (Å²) in [5, 5.41) is 21.1. The quantitative estimate of drug-likeness (QED) is 0.159. The molecule has 1 aliphatic heterocycles. The van der Waals surface area contributed by atoms with Crippen molar-refractivity contribution in [3.63, 3.8) is 0 Å². The molecule has 2 aliphatic rings. The van der Waals surface area contributed by atoms with Gasteiger partial charge in [0.15, 0.2) is 11.3 Å². The van der Waals surface area contributed by atoms with Gasteiger partial charge in [0.2, 0.25) is 5.43 Å². The van der Waals surface area contributed by atoms with Crippen molar-refractivity contribution in [1.29, 1.82) is 0 Å². The Hall–Kier alpha value is -0.100. The van der Waals surface area contributed by atoms with E-state index in [0.29, 0.717) is 36.4 Å². The summed E-state index contributed by atoms with van der Waals surface area (Å²) in [5.41, 5.74) is 1.15. The van der Waals surface area contributed by atoms with E-state index in [1.807, 2.05) is 90.4 Å². The molecule has 0 saturated heterocycles. The highest BCUT2D eigenvalue weighted by atomic mass is 127. The number of fused-ring (bicyclic) bond motifs is 2. The summed E-state index contributed by atoms with van der Waals surface area (Å²) >= 11 is 20.6. The highest BCUT2D eigenvalue weighted by Gasteiger charge is 2.29. The molecule has 2 N–H and O–H groups in total. The number of phenolic OH excluding ortho intramolecular Hbond substituents is 1. The second-order valence-corrected chi connectivity index (χ2v) is 11.6. The van der Waals surface area contributed by atoms with Crippen LogP contribution in [0.5, 0.6) is 5.75 Å². The molecule has 11 heteroatoms. The second kappa shape index (κ2) is 8.92. The Morgan fingerprint density at radius 2 is 1.58 bits per heavy atom. The fourth-order valence-electron chi connectivity index (χ4n) is 3.27. The Kier molecular flexibility index (Phi) is 6.92. The van der Waals surface area contributed by atoms with Crippen molar-refractivity contribution in [2.75, 3.05) is 0 Å². The number of aromatic carboxylic acids is 1. The van der Waals surface area contributed by atoms with Crippen molar-refractivity contribution in [2.45, 2.75) is 0 Å². The van der Waals surface area contributed by atoms with Gasteiger partial charge in [-0.15, -0.1) is 0 Å². The lowest BCUT2D eigenvalue weighted by Crippen LogP contribution is -2.12. The van der Waals surface area contributed by atoms with Gasteiger partial charge in [-0.25, -0.2) is 4.79 Å². The molecule has 31 heavy (non-hydrogen) atoms. The number of rotatable bonds is 2. The first-order valence-electron chi connectivity index (χ1n) is 8.21. The van der Waals surface area contributed by atoms with Crippen LogP contribution in [0.3, 0.4) is 0 Å². The van der Waals surface area contributed by atoms with E-state index >= 15 is 0 Å². The summed E-state index contributed by atoms with van der Waals surface area (Å²) < 4.78 is 7.87. The molecular weight excluding hydrogens is 899 g/mol. The standard InChI is InChI=1S/C20H6Cl2I4O5/c21-7-1-2-8(22)13(20(29)30)12(7)11-5-3-9(23)16(27)14(25)18(5)31-19-6(11)4-10(24)17(28)15(19)26/h1-4,27H,(H,29,30). The third-order valence-electron chi connectivity index (χ3n) is 4.59. The van der Waals surface area contributed by atoms with E-state index in [1.165, 1.54) is 12.1 Å². The molecule has 2 aromatic rings. The van der Waals surface area contributed by atoms with Gasteiger partial charge in [0.1, 0.15) is 9.32 Å². The fourth-order valence-corrected chi connectivity index (χ4v) is 7.33. The lowest BCUT2D eigenvalue weighted by molar-refractivity contribution is 0.0698. The summed E-state index contributed by atoms with van der Waals surface area (Å²) in [6.45, 7) is 0. The van der Waals surface area contributed by atoms with Gasteiger partial charge in [0.05, 0.1) is 21.3 Å². The minimum atomic E-state index is -1.24. The van der Waals surface area contributed by atoms with Crippen LogP contribution in [0.2, 0.25) is 10.0 Å². The van der Waals surface area contributed by atoms with E-state index < -0.39 is 5.97 Å². The van der Waals surface area contributed by atoms with Crippen LogP contribution in [0, 0.1) is 14.3 Å². The van der Waals surface area contributed by atoms with Crippen LogP contribution >= 0.6 is 114 Å². The monoisotopic (exact) mass is 904 g/mol. The second-order valence-electron chi connectivity index (χ2n) is 6.34. The number of carboxylic acid groups (broad SMARTS) is 1. The Balaban J connectivity index is 2.40. The summed E-state index contributed by atoms with van der Waals surface area (Å²) in [6.07, 6.45) is 0. The molecule has 0 atom stereocenters. The third kappa shape index (κ3) is 3.94. The topological polar surface area (TPSA) is 87.7 Å². The van der Waals surface area contributed by atoms with Crippen molar-refractivity contribution < 1.29 is 19.4 Å². The first-order valence-corrected chi connectivity index (χ1v) is 13.3. The van der Waals surface area contributed by atoms with E-state index in [1.54, 1.807) is 12.1 Å². The molecule has 0 unspecified atom stereocenters. The molecule has 4 rings (SSSR count). The molecule has 0 bridgehead atoms. The first kappa shape index (κ1) is 24.0. The number of aromatic hydroxyl groups is 1. The molecule has 0 radical (unpaired) electrons. The zero-order valence-corrected chi connectivity index (χ0v) is 24.8. The lowest BCUT2D eigenvalue weighted by atomic mass is 9.90. The average molecular weight is 905 g/mol. The van der Waals surface area contributed by atoms with Crippen LogP contribution in [0.25, 0.3) is 33.4 Å². The van der Waals surface area contributed by atoms with Crippen LogP contribution in [0.15, 0.2) is 33.5 Å². The molecule has 0 fully saturated rings. The largest absolute Gasteiger partial charge is 0.506 e. The van der Waals surface area contributed by atoms with Crippen LogP contribution in [0.1, 0.15) is 10.4 Å². The van der Waals surface area contributed by atoms with E-state index in [-0.39, 0.29) is 38.1 Å². The summed E-state index contributed by atoms with van der Waals surface area (Å²) in [7, 11) is 0. The van der Waals surface area contributed by atoms with Crippen molar-refractivity contribution in [3.8, 4) is 28.2 Å². The van der Waals surface area contributed by atoms with Crippen molar-refractivity contribution in [1.82, 2.24) is 0 Å². The molecule has 2 aromatic carbocycles. The Morgan fingerprint density at radius 3 is 2.23 bits per heavy atom. The number of benzene rings is 3. The van der Waals surface area contributed by atoms with Gasteiger partial charge in [0.25, 0.3) is 0 Å². The highest BCUT2D eigenvalue weighted by Crippen LogP contribution is 2.49. The fraction of sp³-hybridized carbons (Fsp3) is 0. The molecule has 0 aromatic heterocycles. The normalized spacial score (nSPS) is 11.4. The molecule has 0 amide bonds. The van der Waals surface area contributed by atoms with Gasteiger partial charge in [-0.2, -0.15) is 0 Å². The van der Waals surface area contributed by atoms with E-state index in [0.717, 1.165) is 0 Å². The minimum Gasteiger partial charge on any atom is -0.506 e. The van der Waals surface area contributed by atoms with Crippen molar-refractivity contribution >= 4 is 131 Å². The summed E-state index contributed by atoms with van der Waals surface area (Å²) in [5.74, 6) is -0.932. The number of phenols is 1. The van der Waals surface area contributed by atoms with Crippen LogP contribution < -0.4 is 5.43 Å². The maximum absolute atomic E-state index is 12.6. The Morgan fingerprint density at radius 1 is 0.935 bits per heavy atom. The number of carbonyl (C=O) groups is 1. The number of halogens is 6. The van der Waals surface area contributed by atoms with Gasteiger partial charge < -0.3 is 14.6 Å². The maximum Gasteiger partial charge on any atom is 0.337 e. The van der Waals surface area contributed by atoms with Crippen LogP contribution in [0.4, 0.5) is 0 Å². The van der Waals surface area contributed by atoms with Gasteiger partial charge >= 0.3 is 5.97 Å². The van der Waals surface area contributed by atoms with Crippen molar-refractivity contribution in [3.05, 3.63) is 64.4 Å². The zero-order chi connectivity index (χ0) is 22.8. The van der Waals surface area contributed by atoms with Gasteiger partial charge in [-0.3, -0.25) is 4.79 Å². The first-order chi connectivity index (χ1) is 14.5. The Bertz CT molecular complexity index is 1470. The highest BCUT2D eigenvalue weighted by molar-refractivity contribution is 14.1. The predicted molar refractivity (Wildman–Crippen MR) is 154 cm³/mol. The van der Waals surface area contributed by atoms with E-state index in [2.05, 4.69) is 0 Å².